The Morgan fingerprint density at radius 1 is 1.05 bits per heavy atom. The third-order valence-corrected chi connectivity index (χ3v) is 2.17. The van der Waals surface area contributed by atoms with Gasteiger partial charge in [-0.3, -0.25) is 9.59 Å². The molecule has 0 aromatic heterocycles. The number of para-hydroxylation sites is 1. The highest BCUT2D eigenvalue weighted by Gasteiger charge is 2.16. The third kappa shape index (κ3) is 3.53. The molecular weight excluding hydrogens is 248 g/mol. The molecule has 0 aliphatic heterocycles. The second-order valence-electron chi connectivity index (χ2n) is 3.42. The molecule has 98 valence electrons. The van der Waals surface area contributed by atoms with Gasteiger partial charge in [-0.15, -0.1) is 0 Å². The van der Waals surface area contributed by atoms with Gasteiger partial charge >= 0.3 is 5.97 Å². The summed E-state index contributed by atoms with van der Waals surface area (Å²) in [6.45, 7) is 6.56. The van der Waals surface area contributed by atoms with Gasteiger partial charge in [0.05, 0.1) is 16.9 Å². The molecule has 0 saturated carbocycles. The Hall–Kier alpha value is -2.89. The number of hydrogen-bond acceptors (Lipinski definition) is 3. The molecule has 0 heterocycles. The van der Waals surface area contributed by atoms with Crippen molar-refractivity contribution < 1.29 is 19.5 Å². The maximum Gasteiger partial charge on any atom is 0.337 e. The summed E-state index contributed by atoms with van der Waals surface area (Å²) >= 11 is 0. The van der Waals surface area contributed by atoms with E-state index in [4.69, 9.17) is 5.11 Å². The second kappa shape index (κ2) is 6.15. The monoisotopic (exact) mass is 260 g/mol. The largest absolute Gasteiger partial charge is 0.478 e. The highest BCUT2D eigenvalue weighted by molar-refractivity contribution is 6.10. The van der Waals surface area contributed by atoms with Gasteiger partial charge in [0.2, 0.25) is 11.8 Å². The first-order valence-electron chi connectivity index (χ1n) is 5.22. The van der Waals surface area contributed by atoms with Crippen LogP contribution < -0.4 is 10.6 Å². The topological polar surface area (TPSA) is 95.5 Å². The molecule has 0 bridgehead atoms. The highest BCUT2D eigenvalue weighted by atomic mass is 16.4. The summed E-state index contributed by atoms with van der Waals surface area (Å²) in [6, 6.07) is 4.23. The van der Waals surface area contributed by atoms with Crippen LogP contribution in [0.5, 0.6) is 0 Å². The minimum atomic E-state index is -1.23. The summed E-state index contributed by atoms with van der Waals surface area (Å²) in [5, 5.41) is 13.8. The van der Waals surface area contributed by atoms with Gasteiger partial charge in [0, 0.05) is 0 Å². The molecule has 0 spiro atoms. The van der Waals surface area contributed by atoms with Crippen LogP contribution in [0.15, 0.2) is 43.5 Å². The van der Waals surface area contributed by atoms with Crippen LogP contribution in [0.1, 0.15) is 10.4 Å². The molecule has 2 amide bonds. The number of anilines is 2. The van der Waals surface area contributed by atoms with Crippen LogP contribution in [0.4, 0.5) is 11.4 Å². The van der Waals surface area contributed by atoms with Crippen molar-refractivity contribution in [1.29, 1.82) is 0 Å². The molecular formula is C13H12N2O4. The zero-order valence-corrected chi connectivity index (χ0v) is 9.97. The zero-order chi connectivity index (χ0) is 14.4. The van der Waals surface area contributed by atoms with Gasteiger partial charge in [0.25, 0.3) is 0 Å². The van der Waals surface area contributed by atoms with Gasteiger partial charge in [-0.05, 0) is 24.3 Å². The fraction of sp³-hybridized carbons (Fsp3) is 0. The number of carboxylic acids is 1. The van der Waals surface area contributed by atoms with Gasteiger partial charge in [0.1, 0.15) is 0 Å². The van der Waals surface area contributed by atoms with E-state index < -0.39 is 17.8 Å². The predicted molar refractivity (Wildman–Crippen MR) is 71.1 cm³/mol. The molecule has 0 aliphatic carbocycles. The molecule has 0 atom stereocenters. The van der Waals surface area contributed by atoms with E-state index in [1.165, 1.54) is 18.2 Å². The number of carbonyl (C=O) groups is 3. The van der Waals surface area contributed by atoms with Gasteiger partial charge in [-0.2, -0.15) is 0 Å². The first kappa shape index (κ1) is 14.2. The van der Waals surface area contributed by atoms with Crippen molar-refractivity contribution in [1.82, 2.24) is 0 Å². The van der Waals surface area contributed by atoms with Crippen LogP contribution in [0.25, 0.3) is 0 Å². The predicted octanol–water partition coefficient (Wildman–Crippen LogP) is 1.63. The maximum absolute atomic E-state index is 11.3. The van der Waals surface area contributed by atoms with E-state index in [1.54, 1.807) is 0 Å². The van der Waals surface area contributed by atoms with Crippen molar-refractivity contribution in [3.63, 3.8) is 0 Å². The average Bonchev–Trinajstić information content (AvgIpc) is 2.39. The molecule has 0 unspecified atom stereocenters. The number of rotatable bonds is 5. The average molecular weight is 260 g/mol. The van der Waals surface area contributed by atoms with E-state index in [9.17, 15) is 14.4 Å². The maximum atomic E-state index is 11.3. The first-order chi connectivity index (χ1) is 8.99. The van der Waals surface area contributed by atoms with Crippen LogP contribution in [-0.4, -0.2) is 22.9 Å². The summed E-state index contributed by atoms with van der Waals surface area (Å²) < 4.78 is 0. The SMILES string of the molecule is C=CC(=O)Nc1cccc(C(=O)O)c1NC(=O)C=C. The van der Waals surface area contributed by atoms with Crippen LogP contribution >= 0.6 is 0 Å². The van der Waals surface area contributed by atoms with Crippen molar-refractivity contribution in [2.24, 2.45) is 0 Å². The number of nitrogens with one attached hydrogen (secondary N) is 2. The molecule has 3 N–H and O–H groups in total. The molecule has 0 fully saturated rings. The fourth-order valence-corrected chi connectivity index (χ4v) is 1.33. The Morgan fingerprint density at radius 3 is 2.16 bits per heavy atom. The molecule has 0 radical (unpaired) electrons. The summed E-state index contributed by atoms with van der Waals surface area (Å²) in [5.74, 6) is -2.33. The summed E-state index contributed by atoms with van der Waals surface area (Å²) in [6.07, 6.45) is 2.03. The van der Waals surface area contributed by atoms with Crippen LogP contribution in [-0.2, 0) is 9.59 Å². The van der Waals surface area contributed by atoms with E-state index in [1.807, 2.05) is 0 Å². The Labute approximate surface area is 109 Å². The lowest BCUT2D eigenvalue weighted by molar-refractivity contribution is -0.112. The lowest BCUT2D eigenvalue weighted by atomic mass is 10.1. The Balaban J connectivity index is 3.28. The van der Waals surface area contributed by atoms with Crippen molar-refractivity contribution in [2.45, 2.75) is 0 Å². The Bertz CT molecular complexity index is 564. The van der Waals surface area contributed by atoms with E-state index in [2.05, 4.69) is 23.8 Å². The molecule has 6 heteroatoms. The molecule has 1 aromatic carbocycles. The first-order valence-corrected chi connectivity index (χ1v) is 5.22. The fourth-order valence-electron chi connectivity index (χ4n) is 1.33. The smallest absolute Gasteiger partial charge is 0.337 e. The Kier molecular flexibility index (Phi) is 4.59. The van der Waals surface area contributed by atoms with Gasteiger partial charge in [-0.1, -0.05) is 19.2 Å². The van der Waals surface area contributed by atoms with Gasteiger partial charge in [0.15, 0.2) is 0 Å². The lowest BCUT2D eigenvalue weighted by Gasteiger charge is -2.13. The minimum Gasteiger partial charge on any atom is -0.478 e. The van der Waals surface area contributed by atoms with Crippen molar-refractivity contribution in [3.05, 3.63) is 49.1 Å². The lowest BCUT2D eigenvalue weighted by Crippen LogP contribution is -2.16. The quantitative estimate of drug-likeness (QED) is 0.701. The minimum absolute atomic E-state index is 0.00454. The van der Waals surface area contributed by atoms with Crippen LogP contribution in [0.3, 0.4) is 0 Å². The van der Waals surface area contributed by atoms with Crippen LogP contribution in [0, 0.1) is 0 Å². The normalized spacial score (nSPS) is 9.26. The molecule has 19 heavy (non-hydrogen) atoms. The van der Waals surface area contributed by atoms with Crippen LogP contribution in [0.2, 0.25) is 0 Å². The Morgan fingerprint density at radius 2 is 1.63 bits per heavy atom. The van der Waals surface area contributed by atoms with E-state index in [0.29, 0.717) is 0 Å². The second-order valence-corrected chi connectivity index (χ2v) is 3.42. The van der Waals surface area contributed by atoms with E-state index >= 15 is 0 Å². The van der Waals surface area contributed by atoms with E-state index in [0.717, 1.165) is 12.2 Å². The number of carboxylic acid groups (broad SMARTS) is 1. The third-order valence-electron chi connectivity index (χ3n) is 2.17. The van der Waals surface area contributed by atoms with Gasteiger partial charge < -0.3 is 15.7 Å². The molecule has 0 saturated heterocycles. The number of amides is 2. The zero-order valence-electron chi connectivity index (χ0n) is 9.97. The summed E-state index contributed by atoms with van der Waals surface area (Å²) in [7, 11) is 0. The summed E-state index contributed by atoms with van der Waals surface area (Å²) in [4.78, 5) is 33.7. The molecule has 6 nitrogen and oxygen atoms in total. The molecule has 1 rings (SSSR count). The van der Waals surface area contributed by atoms with Gasteiger partial charge in [-0.25, -0.2) is 4.79 Å². The van der Waals surface area contributed by atoms with Crippen molar-refractivity contribution in [3.8, 4) is 0 Å². The number of hydrogen-bond donors (Lipinski definition) is 3. The molecule has 0 aliphatic rings. The number of benzene rings is 1. The number of aromatic carboxylic acids is 1. The van der Waals surface area contributed by atoms with E-state index in [-0.39, 0.29) is 16.9 Å². The van der Waals surface area contributed by atoms with Crippen molar-refractivity contribution in [2.75, 3.05) is 10.6 Å². The highest BCUT2D eigenvalue weighted by Crippen LogP contribution is 2.26. The number of carbonyl (C=O) groups excluding carboxylic acids is 2. The van der Waals surface area contributed by atoms with Crippen molar-refractivity contribution >= 4 is 29.2 Å². The molecule has 1 aromatic rings. The standard InChI is InChI=1S/C13H12N2O4/c1-3-10(16)14-9-7-5-6-8(13(18)19)12(9)15-11(17)4-2/h3-7H,1-2H2,(H,14,16)(H,15,17)(H,18,19). The summed E-state index contributed by atoms with van der Waals surface area (Å²) in [5.41, 5.74) is 0.0205.